The summed E-state index contributed by atoms with van der Waals surface area (Å²) in [6, 6.07) is 6.26. The molecule has 1 unspecified atom stereocenters. The van der Waals surface area contributed by atoms with Gasteiger partial charge in [-0.3, -0.25) is 4.68 Å². The molecule has 1 aromatic carbocycles. The standard InChI is InChI=1S/C15H19FN2O2/c1-10(2)18-7-6-13(17-18)9-20-15-8-12(16)4-5-14(15)11(3)19/h4-8,10-11,19H,9H2,1-3H3. The van der Waals surface area contributed by atoms with Gasteiger partial charge in [0.1, 0.15) is 18.2 Å². The van der Waals surface area contributed by atoms with E-state index in [0.29, 0.717) is 11.3 Å². The average molecular weight is 278 g/mol. The van der Waals surface area contributed by atoms with Crippen molar-refractivity contribution in [1.82, 2.24) is 9.78 Å². The highest BCUT2D eigenvalue weighted by atomic mass is 19.1. The van der Waals surface area contributed by atoms with Gasteiger partial charge in [-0.2, -0.15) is 5.10 Å². The van der Waals surface area contributed by atoms with Crippen molar-refractivity contribution in [2.75, 3.05) is 0 Å². The number of hydrogen-bond donors (Lipinski definition) is 1. The van der Waals surface area contributed by atoms with Crippen molar-refractivity contribution in [2.24, 2.45) is 0 Å². The lowest BCUT2D eigenvalue weighted by Crippen LogP contribution is -2.05. The van der Waals surface area contributed by atoms with Gasteiger partial charge in [0.05, 0.1) is 11.8 Å². The molecule has 0 fully saturated rings. The summed E-state index contributed by atoms with van der Waals surface area (Å²) in [7, 11) is 0. The Hall–Kier alpha value is -1.88. The van der Waals surface area contributed by atoms with Crippen LogP contribution in [-0.2, 0) is 6.61 Å². The fourth-order valence-electron chi connectivity index (χ4n) is 1.87. The summed E-state index contributed by atoms with van der Waals surface area (Å²) in [5, 5.41) is 14.0. The molecule has 2 rings (SSSR count). The second kappa shape index (κ2) is 6.05. The summed E-state index contributed by atoms with van der Waals surface area (Å²) in [6.45, 7) is 5.93. The second-order valence-corrected chi connectivity index (χ2v) is 5.03. The summed E-state index contributed by atoms with van der Waals surface area (Å²) in [6.07, 6.45) is 1.17. The van der Waals surface area contributed by atoms with Crippen LogP contribution in [0, 0.1) is 5.82 Å². The Kier molecular flexibility index (Phi) is 4.39. The number of rotatable bonds is 5. The lowest BCUT2D eigenvalue weighted by Gasteiger charge is -2.12. The highest BCUT2D eigenvalue weighted by Crippen LogP contribution is 2.26. The van der Waals surface area contributed by atoms with Crippen molar-refractivity contribution in [2.45, 2.75) is 39.5 Å². The number of aliphatic hydroxyl groups is 1. The van der Waals surface area contributed by atoms with E-state index in [9.17, 15) is 9.50 Å². The highest BCUT2D eigenvalue weighted by molar-refractivity contribution is 5.35. The summed E-state index contributed by atoms with van der Waals surface area (Å²) in [4.78, 5) is 0. The molecule has 0 spiro atoms. The molecule has 0 amide bonds. The molecule has 2 aromatic rings. The monoisotopic (exact) mass is 278 g/mol. The third-order valence-electron chi connectivity index (χ3n) is 2.99. The van der Waals surface area contributed by atoms with Gasteiger partial charge in [-0.1, -0.05) is 0 Å². The van der Waals surface area contributed by atoms with Crippen LogP contribution in [0.2, 0.25) is 0 Å². The van der Waals surface area contributed by atoms with Crippen LogP contribution in [0.1, 0.15) is 44.2 Å². The Bertz CT molecular complexity index is 579. The maximum absolute atomic E-state index is 13.3. The van der Waals surface area contributed by atoms with Gasteiger partial charge in [0.2, 0.25) is 0 Å². The van der Waals surface area contributed by atoms with Gasteiger partial charge in [0.25, 0.3) is 0 Å². The van der Waals surface area contributed by atoms with Crippen molar-refractivity contribution in [1.29, 1.82) is 0 Å². The number of benzene rings is 1. The first-order valence-electron chi connectivity index (χ1n) is 6.61. The molecule has 1 atom stereocenters. The summed E-state index contributed by atoms with van der Waals surface area (Å²) in [5.74, 6) is -0.0452. The molecular formula is C15H19FN2O2. The van der Waals surface area contributed by atoms with Crippen LogP contribution in [0.5, 0.6) is 5.75 Å². The first-order valence-corrected chi connectivity index (χ1v) is 6.61. The first-order chi connectivity index (χ1) is 9.47. The molecular weight excluding hydrogens is 259 g/mol. The van der Waals surface area contributed by atoms with E-state index in [1.807, 2.05) is 30.8 Å². The zero-order valence-electron chi connectivity index (χ0n) is 11.9. The minimum atomic E-state index is -0.709. The van der Waals surface area contributed by atoms with Crippen LogP contribution in [0.15, 0.2) is 30.5 Å². The topological polar surface area (TPSA) is 47.3 Å². The Morgan fingerprint density at radius 1 is 1.30 bits per heavy atom. The number of aliphatic hydroxyl groups excluding tert-OH is 1. The van der Waals surface area contributed by atoms with Gasteiger partial charge >= 0.3 is 0 Å². The van der Waals surface area contributed by atoms with Gasteiger partial charge in [-0.15, -0.1) is 0 Å². The molecule has 20 heavy (non-hydrogen) atoms. The lowest BCUT2D eigenvalue weighted by atomic mass is 10.1. The molecule has 1 aromatic heterocycles. The molecule has 0 aliphatic rings. The molecule has 4 nitrogen and oxygen atoms in total. The normalized spacial score (nSPS) is 12.7. The van der Waals surface area contributed by atoms with Gasteiger partial charge in [0, 0.05) is 23.9 Å². The van der Waals surface area contributed by atoms with Crippen LogP contribution in [0.3, 0.4) is 0 Å². The molecule has 0 saturated heterocycles. The van der Waals surface area contributed by atoms with E-state index in [1.54, 1.807) is 6.92 Å². The van der Waals surface area contributed by atoms with Crippen molar-refractivity contribution >= 4 is 0 Å². The quantitative estimate of drug-likeness (QED) is 0.913. The Labute approximate surface area is 117 Å². The third kappa shape index (κ3) is 3.36. The maximum Gasteiger partial charge on any atom is 0.132 e. The molecule has 0 aliphatic heterocycles. The van der Waals surface area contributed by atoms with Crippen LogP contribution in [-0.4, -0.2) is 14.9 Å². The largest absolute Gasteiger partial charge is 0.487 e. The fraction of sp³-hybridized carbons (Fsp3) is 0.400. The predicted octanol–water partition coefficient (Wildman–Crippen LogP) is 3.24. The van der Waals surface area contributed by atoms with E-state index in [2.05, 4.69) is 5.10 Å². The zero-order valence-corrected chi connectivity index (χ0v) is 11.9. The molecule has 0 saturated carbocycles. The summed E-state index contributed by atoms with van der Waals surface area (Å²) < 4.78 is 20.7. The molecule has 5 heteroatoms. The van der Waals surface area contributed by atoms with E-state index < -0.39 is 11.9 Å². The number of nitrogens with zero attached hydrogens (tertiary/aromatic N) is 2. The van der Waals surface area contributed by atoms with Gasteiger partial charge < -0.3 is 9.84 Å². The third-order valence-corrected chi connectivity index (χ3v) is 2.99. The minimum absolute atomic E-state index is 0.239. The van der Waals surface area contributed by atoms with Gasteiger partial charge in [-0.25, -0.2) is 4.39 Å². The molecule has 1 heterocycles. The zero-order chi connectivity index (χ0) is 14.7. The predicted molar refractivity (Wildman–Crippen MR) is 74.0 cm³/mol. The Morgan fingerprint density at radius 3 is 2.65 bits per heavy atom. The van der Waals surface area contributed by atoms with E-state index in [0.717, 1.165) is 5.69 Å². The first kappa shape index (κ1) is 14.5. The van der Waals surface area contributed by atoms with E-state index in [1.165, 1.54) is 18.2 Å². The van der Waals surface area contributed by atoms with Crippen LogP contribution in [0.4, 0.5) is 4.39 Å². The number of hydrogen-bond acceptors (Lipinski definition) is 3. The maximum atomic E-state index is 13.3. The summed E-state index contributed by atoms with van der Waals surface area (Å²) in [5.41, 5.74) is 1.33. The fourth-order valence-corrected chi connectivity index (χ4v) is 1.87. The molecule has 0 aliphatic carbocycles. The second-order valence-electron chi connectivity index (χ2n) is 5.03. The summed E-state index contributed by atoms with van der Waals surface area (Å²) >= 11 is 0. The lowest BCUT2D eigenvalue weighted by molar-refractivity contribution is 0.189. The van der Waals surface area contributed by atoms with Gasteiger partial charge in [0.15, 0.2) is 0 Å². The highest BCUT2D eigenvalue weighted by Gasteiger charge is 2.11. The molecule has 108 valence electrons. The molecule has 0 bridgehead atoms. The SMILES string of the molecule is CC(O)c1ccc(F)cc1OCc1ccn(C(C)C)n1. The van der Waals surface area contributed by atoms with E-state index >= 15 is 0 Å². The molecule has 1 N–H and O–H groups in total. The van der Waals surface area contributed by atoms with Crippen LogP contribution < -0.4 is 4.74 Å². The van der Waals surface area contributed by atoms with Crippen LogP contribution >= 0.6 is 0 Å². The smallest absolute Gasteiger partial charge is 0.132 e. The number of aromatic nitrogens is 2. The van der Waals surface area contributed by atoms with Crippen molar-refractivity contribution in [3.05, 3.63) is 47.5 Å². The minimum Gasteiger partial charge on any atom is -0.487 e. The Balaban J connectivity index is 2.11. The van der Waals surface area contributed by atoms with E-state index in [4.69, 9.17) is 4.74 Å². The van der Waals surface area contributed by atoms with Crippen molar-refractivity contribution in [3.8, 4) is 5.75 Å². The van der Waals surface area contributed by atoms with Crippen molar-refractivity contribution < 1.29 is 14.2 Å². The van der Waals surface area contributed by atoms with Crippen LogP contribution in [0.25, 0.3) is 0 Å². The average Bonchev–Trinajstić information content (AvgIpc) is 2.85. The molecule has 0 radical (unpaired) electrons. The van der Waals surface area contributed by atoms with Gasteiger partial charge in [-0.05, 0) is 39.0 Å². The number of halogens is 1. The van der Waals surface area contributed by atoms with Crippen molar-refractivity contribution in [3.63, 3.8) is 0 Å². The number of ether oxygens (including phenoxy) is 1. The van der Waals surface area contributed by atoms with E-state index in [-0.39, 0.29) is 12.6 Å². The Morgan fingerprint density at radius 2 is 2.05 bits per heavy atom.